The summed E-state index contributed by atoms with van der Waals surface area (Å²) in [5.41, 5.74) is 6.78. The van der Waals surface area contributed by atoms with Gasteiger partial charge in [-0.1, -0.05) is 12.1 Å². The van der Waals surface area contributed by atoms with Gasteiger partial charge >= 0.3 is 12.1 Å². The van der Waals surface area contributed by atoms with Gasteiger partial charge in [-0.2, -0.15) is 0 Å². The van der Waals surface area contributed by atoms with Crippen molar-refractivity contribution in [3.8, 4) is 0 Å². The topological polar surface area (TPSA) is 164 Å². The molecule has 3 rings (SSSR count). The van der Waals surface area contributed by atoms with E-state index in [0.717, 1.165) is 28.1 Å². The zero-order chi connectivity index (χ0) is 27.2. The molecule has 1 aromatic carbocycles. The third-order valence-electron chi connectivity index (χ3n) is 6.21. The first kappa shape index (κ1) is 28.0. The SMILES string of the molecule is CCOC(=O)NC(C(=O)N1CCCC1C(=O)NCc1ccc2c(N)nccc2c1)C(C)(C)SCC(=O)O. The van der Waals surface area contributed by atoms with Crippen molar-refractivity contribution in [2.45, 2.75) is 57.0 Å². The Morgan fingerprint density at radius 2 is 2.05 bits per heavy atom. The summed E-state index contributed by atoms with van der Waals surface area (Å²) in [6.45, 7) is 5.73. The van der Waals surface area contributed by atoms with Crippen molar-refractivity contribution in [2.24, 2.45) is 0 Å². The highest BCUT2D eigenvalue weighted by molar-refractivity contribution is 8.01. The molecular weight excluding hydrogens is 498 g/mol. The zero-order valence-corrected chi connectivity index (χ0v) is 22.0. The normalized spacial score (nSPS) is 16.3. The lowest BCUT2D eigenvalue weighted by molar-refractivity contribution is -0.140. The van der Waals surface area contributed by atoms with E-state index in [4.69, 9.17) is 15.6 Å². The lowest BCUT2D eigenvalue weighted by Gasteiger charge is -2.36. The number of nitrogens with zero attached hydrogens (tertiary/aromatic N) is 2. The number of aromatic nitrogens is 1. The molecular formula is C25H33N5O6S. The van der Waals surface area contributed by atoms with E-state index in [-0.39, 0.29) is 24.8 Å². The number of ether oxygens (including phenoxy) is 1. The molecule has 11 nitrogen and oxygen atoms in total. The second-order valence-electron chi connectivity index (χ2n) is 9.24. The largest absolute Gasteiger partial charge is 0.481 e. The first-order valence-electron chi connectivity index (χ1n) is 12.0. The van der Waals surface area contributed by atoms with Crippen LogP contribution >= 0.6 is 11.8 Å². The number of benzene rings is 1. The maximum absolute atomic E-state index is 13.6. The van der Waals surface area contributed by atoms with E-state index in [1.54, 1.807) is 27.0 Å². The minimum Gasteiger partial charge on any atom is -0.481 e. The maximum atomic E-state index is 13.6. The Labute approximate surface area is 219 Å². The average molecular weight is 532 g/mol. The Kier molecular flexibility index (Phi) is 9.19. The molecule has 1 saturated heterocycles. The van der Waals surface area contributed by atoms with Crippen LogP contribution in [0.1, 0.15) is 39.2 Å². The molecule has 0 spiro atoms. The van der Waals surface area contributed by atoms with Gasteiger partial charge < -0.3 is 31.1 Å². The lowest BCUT2D eigenvalue weighted by Crippen LogP contribution is -2.59. The van der Waals surface area contributed by atoms with Crippen molar-refractivity contribution in [1.29, 1.82) is 0 Å². The van der Waals surface area contributed by atoms with E-state index >= 15 is 0 Å². The van der Waals surface area contributed by atoms with Crippen molar-refractivity contribution in [3.63, 3.8) is 0 Å². The smallest absolute Gasteiger partial charge is 0.407 e. The van der Waals surface area contributed by atoms with Gasteiger partial charge in [-0.15, -0.1) is 11.8 Å². The Hall–Kier alpha value is -3.54. The van der Waals surface area contributed by atoms with E-state index in [2.05, 4.69) is 15.6 Å². The number of nitrogen functional groups attached to an aromatic ring is 1. The number of carboxylic acid groups (broad SMARTS) is 1. The Morgan fingerprint density at radius 1 is 1.30 bits per heavy atom. The molecule has 1 aromatic heterocycles. The molecule has 0 aliphatic carbocycles. The van der Waals surface area contributed by atoms with E-state index in [1.165, 1.54) is 4.90 Å². The number of carbonyl (C=O) groups is 4. The third kappa shape index (κ3) is 7.03. The van der Waals surface area contributed by atoms with Crippen molar-refractivity contribution >= 4 is 52.2 Å². The fraction of sp³-hybridized carbons (Fsp3) is 0.480. The number of carbonyl (C=O) groups excluding carboxylic acids is 3. The van der Waals surface area contributed by atoms with Crippen LogP contribution in [0.25, 0.3) is 10.8 Å². The van der Waals surface area contributed by atoms with Gasteiger partial charge in [0.25, 0.3) is 0 Å². The number of likely N-dealkylation sites (tertiary alicyclic amines) is 1. The number of carboxylic acids is 1. The Balaban J connectivity index is 1.73. The minimum absolute atomic E-state index is 0.113. The van der Waals surface area contributed by atoms with Crippen molar-refractivity contribution in [1.82, 2.24) is 20.5 Å². The van der Waals surface area contributed by atoms with Crippen molar-refractivity contribution in [2.75, 3.05) is 24.6 Å². The van der Waals surface area contributed by atoms with Crippen LogP contribution in [0.5, 0.6) is 0 Å². The summed E-state index contributed by atoms with van der Waals surface area (Å²) in [7, 11) is 0. The first-order chi connectivity index (χ1) is 17.5. The van der Waals surface area contributed by atoms with Crippen LogP contribution in [0.15, 0.2) is 30.5 Å². The number of aliphatic carboxylic acids is 1. The molecule has 0 saturated carbocycles. The van der Waals surface area contributed by atoms with Crippen molar-refractivity contribution in [3.05, 3.63) is 36.0 Å². The van der Waals surface area contributed by atoms with Crippen LogP contribution in [-0.4, -0.2) is 74.6 Å². The quantitative estimate of drug-likeness (QED) is 0.359. The summed E-state index contributed by atoms with van der Waals surface area (Å²) in [4.78, 5) is 55.7. The fourth-order valence-electron chi connectivity index (χ4n) is 4.29. The molecule has 1 aliphatic rings. The highest BCUT2D eigenvalue weighted by Gasteiger charge is 2.44. The van der Waals surface area contributed by atoms with E-state index < -0.39 is 34.8 Å². The molecule has 1 fully saturated rings. The molecule has 2 heterocycles. The lowest BCUT2D eigenvalue weighted by atomic mass is 10.0. The molecule has 0 radical (unpaired) electrons. The molecule has 37 heavy (non-hydrogen) atoms. The Bertz CT molecular complexity index is 1170. The molecule has 200 valence electrons. The molecule has 2 unspecified atom stereocenters. The van der Waals surface area contributed by atoms with Crippen molar-refractivity contribution < 1.29 is 29.0 Å². The van der Waals surface area contributed by atoms with Crippen LogP contribution in [0.3, 0.4) is 0 Å². The maximum Gasteiger partial charge on any atom is 0.407 e. The van der Waals surface area contributed by atoms with E-state index in [1.807, 2.05) is 24.3 Å². The summed E-state index contributed by atoms with van der Waals surface area (Å²) in [5, 5.41) is 16.4. The number of nitrogens with one attached hydrogen (secondary N) is 2. The monoisotopic (exact) mass is 531 g/mol. The van der Waals surface area contributed by atoms with Gasteiger partial charge in [-0.3, -0.25) is 14.4 Å². The second-order valence-corrected chi connectivity index (χ2v) is 10.9. The van der Waals surface area contributed by atoms with E-state index in [9.17, 15) is 19.2 Å². The standard InChI is InChI=1S/C25H33N5O6S/c1-4-36-24(35)29-20(25(2,3)37-14-19(31)32)23(34)30-11-5-6-18(30)22(33)28-13-15-7-8-17-16(12-15)9-10-27-21(17)26/h7-10,12,18,20H,4-6,11,13-14H2,1-3H3,(H2,26,27)(H,28,33)(H,29,35)(H,31,32). The number of hydrogen-bond donors (Lipinski definition) is 4. The summed E-state index contributed by atoms with van der Waals surface area (Å²) < 4.78 is 3.99. The minimum atomic E-state index is -1.09. The molecule has 2 atom stereocenters. The zero-order valence-electron chi connectivity index (χ0n) is 21.2. The number of alkyl carbamates (subject to hydrolysis) is 1. The third-order valence-corrected chi connectivity index (χ3v) is 7.58. The second kappa shape index (κ2) is 12.1. The number of thioether (sulfide) groups is 1. The van der Waals surface area contributed by atoms with Gasteiger partial charge in [0.1, 0.15) is 17.9 Å². The molecule has 5 N–H and O–H groups in total. The Morgan fingerprint density at radius 3 is 2.76 bits per heavy atom. The van der Waals surface area contributed by atoms with Crippen LogP contribution in [0.4, 0.5) is 10.6 Å². The number of anilines is 1. The summed E-state index contributed by atoms with van der Waals surface area (Å²) in [5.74, 6) is -1.61. The predicted octanol–water partition coefficient (Wildman–Crippen LogP) is 2.14. The van der Waals surface area contributed by atoms with Crippen LogP contribution in [0.2, 0.25) is 0 Å². The molecule has 3 amide bonds. The van der Waals surface area contributed by atoms with Crippen LogP contribution in [0, 0.1) is 0 Å². The van der Waals surface area contributed by atoms with Gasteiger partial charge in [0.2, 0.25) is 11.8 Å². The number of amides is 3. The highest BCUT2D eigenvalue weighted by Crippen LogP contribution is 2.31. The van der Waals surface area contributed by atoms with Gasteiger partial charge in [-0.25, -0.2) is 9.78 Å². The first-order valence-corrected chi connectivity index (χ1v) is 13.0. The summed E-state index contributed by atoms with van der Waals surface area (Å²) >= 11 is 1.03. The van der Waals surface area contributed by atoms with Crippen LogP contribution < -0.4 is 16.4 Å². The number of nitrogens with two attached hydrogens (primary N) is 1. The number of hydrogen-bond acceptors (Lipinski definition) is 8. The molecule has 0 bridgehead atoms. The van der Waals surface area contributed by atoms with Crippen LogP contribution in [-0.2, 0) is 25.7 Å². The van der Waals surface area contributed by atoms with Gasteiger partial charge in [0.05, 0.1) is 12.4 Å². The number of rotatable bonds is 10. The molecule has 1 aliphatic heterocycles. The van der Waals surface area contributed by atoms with E-state index in [0.29, 0.717) is 25.2 Å². The van der Waals surface area contributed by atoms with Gasteiger partial charge in [-0.05, 0) is 56.7 Å². The average Bonchev–Trinajstić information content (AvgIpc) is 3.35. The fourth-order valence-corrected chi connectivity index (χ4v) is 5.11. The number of fused-ring (bicyclic) bond motifs is 1. The summed E-state index contributed by atoms with van der Waals surface area (Å²) in [6.07, 6.45) is 1.95. The highest BCUT2D eigenvalue weighted by atomic mass is 32.2. The molecule has 2 aromatic rings. The summed E-state index contributed by atoms with van der Waals surface area (Å²) in [6, 6.07) is 5.68. The predicted molar refractivity (Wildman–Crippen MR) is 141 cm³/mol. The van der Waals surface area contributed by atoms with Gasteiger partial charge in [0.15, 0.2) is 0 Å². The van der Waals surface area contributed by atoms with Gasteiger partial charge in [0, 0.05) is 29.4 Å². The number of pyridine rings is 1. The molecule has 12 heteroatoms.